The van der Waals surface area contributed by atoms with Crippen molar-refractivity contribution in [2.45, 2.75) is 44.3 Å². The minimum absolute atomic E-state index is 0.0316. The van der Waals surface area contributed by atoms with Crippen LogP contribution in [0.1, 0.15) is 59.7 Å². The lowest BCUT2D eigenvalue weighted by Crippen LogP contribution is -2.38. The van der Waals surface area contributed by atoms with Crippen molar-refractivity contribution in [1.82, 2.24) is 4.90 Å². The Kier molecular flexibility index (Phi) is 6.65. The largest absolute Gasteiger partial charge is 0.479 e. The van der Waals surface area contributed by atoms with Crippen LogP contribution in [0.25, 0.3) is 0 Å². The predicted molar refractivity (Wildman–Crippen MR) is 109 cm³/mol. The van der Waals surface area contributed by atoms with Gasteiger partial charge in [0.25, 0.3) is 11.8 Å². The number of nitrogens with zero attached hydrogens (tertiary/aromatic N) is 1. The quantitative estimate of drug-likeness (QED) is 0.529. The van der Waals surface area contributed by atoms with Crippen molar-refractivity contribution in [3.8, 4) is 0 Å². The van der Waals surface area contributed by atoms with E-state index in [2.05, 4.69) is 0 Å². The topological polar surface area (TPSA) is 63.7 Å². The van der Waals surface area contributed by atoms with E-state index in [4.69, 9.17) is 17.0 Å². The standard InChI is InChI=1S/C20H23NO4S2/c1-2-25-20(26)27-14(11-13-7-3-6-10-17(13)22)12-21-18(23)15-8-4-5-9-16(15)19(21)24/h4-5,8-9,13-14H,2-3,6-7,10-12H2,1H3. The van der Waals surface area contributed by atoms with Crippen LogP contribution in [0, 0.1) is 5.92 Å². The number of Topliss-reactive ketones (excluding diaryl/α,β-unsaturated/α-hetero) is 1. The lowest BCUT2D eigenvalue weighted by atomic mass is 9.85. The smallest absolute Gasteiger partial charge is 0.261 e. The molecule has 1 aliphatic heterocycles. The SMILES string of the molecule is CCOC(=S)SC(CC1CCCCC1=O)CN1C(=O)c2ccccc2C1=O. The first-order chi connectivity index (χ1) is 13.0. The van der Waals surface area contributed by atoms with Gasteiger partial charge < -0.3 is 4.74 Å². The van der Waals surface area contributed by atoms with E-state index in [1.165, 1.54) is 16.7 Å². The van der Waals surface area contributed by atoms with Gasteiger partial charge in [-0.25, -0.2) is 0 Å². The van der Waals surface area contributed by atoms with Crippen molar-refractivity contribution in [2.75, 3.05) is 13.2 Å². The third-order valence-corrected chi connectivity index (χ3v) is 6.41. The zero-order valence-electron chi connectivity index (χ0n) is 15.3. The average Bonchev–Trinajstić information content (AvgIpc) is 2.89. The number of thiocarbonyl (C=S) groups is 1. The molecule has 0 aromatic heterocycles. The molecule has 0 bridgehead atoms. The molecule has 3 rings (SSSR count). The Morgan fingerprint density at radius 2 is 1.89 bits per heavy atom. The Hall–Kier alpha value is -1.73. The van der Waals surface area contributed by atoms with E-state index in [1.807, 2.05) is 6.92 Å². The van der Waals surface area contributed by atoms with Crippen molar-refractivity contribution < 1.29 is 19.1 Å². The lowest BCUT2D eigenvalue weighted by Gasteiger charge is -2.27. The van der Waals surface area contributed by atoms with Crippen LogP contribution >= 0.6 is 24.0 Å². The molecular weight excluding hydrogens is 382 g/mol. The van der Waals surface area contributed by atoms with Gasteiger partial charge >= 0.3 is 0 Å². The van der Waals surface area contributed by atoms with Crippen molar-refractivity contribution in [1.29, 1.82) is 0 Å². The van der Waals surface area contributed by atoms with Gasteiger partial charge in [-0.3, -0.25) is 19.3 Å². The first-order valence-corrected chi connectivity index (χ1v) is 10.6. The summed E-state index contributed by atoms with van der Waals surface area (Å²) in [6, 6.07) is 6.86. The Morgan fingerprint density at radius 3 is 2.48 bits per heavy atom. The van der Waals surface area contributed by atoms with Gasteiger partial charge in [-0.15, -0.1) is 0 Å². The van der Waals surface area contributed by atoms with Crippen molar-refractivity contribution in [3.63, 3.8) is 0 Å². The van der Waals surface area contributed by atoms with E-state index in [-0.39, 0.29) is 35.3 Å². The summed E-state index contributed by atoms with van der Waals surface area (Å²) in [7, 11) is 0. The fourth-order valence-corrected chi connectivity index (χ4v) is 5.21. The maximum atomic E-state index is 12.7. The maximum absolute atomic E-state index is 12.7. The van der Waals surface area contributed by atoms with E-state index in [9.17, 15) is 14.4 Å². The summed E-state index contributed by atoms with van der Waals surface area (Å²) in [6.07, 6.45) is 4.06. The highest BCUT2D eigenvalue weighted by Gasteiger charge is 2.37. The molecule has 1 aliphatic carbocycles. The van der Waals surface area contributed by atoms with Crippen LogP contribution in [0.2, 0.25) is 0 Å². The summed E-state index contributed by atoms with van der Waals surface area (Å²) in [5.74, 6) is -0.315. The molecule has 5 nitrogen and oxygen atoms in total. The van der Waals surface area contributed by atoms with Gasteiger partial charge in [0.15, 0.2) is 0 Å². The molecule has 1 saturated carbocycles. The molecule has 1 heterocycles. The van der Waals surface area contributed by atoms with Gasteiger partial charge in [-0.05, 0) is 50.5 Å². The molecule has 27 heavy (non-hydrogen) atoms. The van der Waals surface area contributed by atoms with Gasteiger partial charge in [-0.1, -0.05) is 30.3 Å². The number of imide groups is 1. The van der Waals surface area contributed by atoms with Crippen LogP contribution in [0.5, 0.6) is 0 Å². The number of hydrogen-bond acceptors (Lipinski definition) is 6. The monoisotopic (exact) mass is 405 g/mol. The molecule has 2 aliphatic rings. The molecule has 1 fully saturated rings. The highest BCUT2D eigenvalue weighted by Crippen LogP contribution is 2.32. The summed E-state index contributed by atoms with van der Waals surface area (Å²) in [6.45, 7) is 2.55. The second kappa shape index (κ2) is 8.97. The van der Waals surface area contributed by atoms with Crippen LogP contribution in [0.4, 0.5) is 0 Å². The Labute approximate surface area is 168 Å². The van der Waals surface area contributed by atoms with Crippen molar-refractivity contribution in [3.05, 3.63) is 35.4 Å². The summed E-state index contributed by atoms with van der Waals surface area (Å²) in [5.41, 5.74) is 0.875. The number of benzene rings is 1. The molecule has 2 amide bonds. The molecule has 0 radical (unpaired) electrons. The number of thioether (sulfide) groups is 1. The first-order valence-electron chi connectivity index (χ1n) is 9.32. The fourth-order valence-electron chi connectivity index (χ4n) is 3.68. The average molecular weight is 406 g/mol. The minimum Gasteiger partial charge on any atom is -0.479 e. The molecule has 0 spiro atoms. The molecule has 0 saturated heterocycles. The second-order valence-electron chi connectivity index (χ2n) is 6.83. The number of ether oxygens (including phenoxy) is 1. The third kappa shape index (κ3) is 4.58. The lowest BCUT2D eigenvalue weighted by molar-refractivity contribution is -0.124. The molecule has 1 aromatic rings. The minimum atomic E-state index is -0.279. The molecular formula is C20H23NO4S2. The number of hydrogen-bond donors (Lipinski definition) is 0. The van der Waals surface area contributed by atoms with E-state index in [0.29, 0.717) is 35.0 Å². The molecule has 0 N–H and O–H groups in total. The van der Waals surface area contributed by atoms with Crippen LogP contribution in [0.3, 0.4) is 0 Å². The normalized spacial score (nSPS) is 20.6. The molecule has 144 valence electrons. The molecule has 7 heteroatoms. The predicted octanol–water partition coefficient (Wildman–Crippen LogP) is 3.86. The number of amides is 2. The highest BCUT2D eigenvalue weighted by molar-refractivity contribution is 8.23. The molecule has 2 atom stereocenters. The third-order valence-electron chi connectivity index (χ3n) is 5.02. The van der Waals surface area contributed by atoms with Gasteiger partial charge in [0.05, 0.1) is 17.7 Å². The van der Waals surface area contributed by atoms with Gasteiger partial charge in [0.2, 0.25) is 4.38 Å². The second-order valence-corrected chi connectivity index (χ2v) is 8.74. The Balaban J connectivity index is 1.74. The zero-order chi connectivity index (χ0) is 19.4. The number of carbonyl (C=O) groups is 3. The Morgan fingerprint density at radius 1 is 1.22 bits per heavy atom. The summed E-state index contributed by atoms with van der Waals surface area (Å²) in [5, 5.41) is -0.154. The number of fused-ring (bicyclic) bond motifs is 1. The van der Waals surface area contributed by atoms with E-state index < -0.39 is 0 Å². The van der Waals surface area contributed by atoms with Crippen LogP contribution < -0.4 is 0 Å². The summed E-state index contributed by atoms with van der Waals surface area (Å²) in [4.78, 5) is 38.9. The van der Waals surface area contributed by atoms with Crippen molar-refractivity contribution >= 4 is 46.0 Å². The molecule has 1 aromatic carbocycles. The van der Waals surface area contributed by atoms with Crippen LogP contribution in [-0.2, 0) is 9.53 Å². The van der Waals surface area contributed by atoms with E-state index in [1.54, 1.807) is 24.3 Å². The fraction of sp³-hybridized carbons (Fsp3) is 0.500. The van der Waals surface area contributed by atoms with Gasteiger partial charge in [0, 0.05) is 24.1 Å². The maximum Gasteiger partial charge on any atom is 0.261 e. The number of rotatable bonds is 6. The van der Waals surface area contributed by atoms with Crippen molar-refractivity contribution in [2.24, 2.45) is 5.92 Å². The van der Waals surface area contributed by atoms with Gasteiger partial charge in [-0.2, -0.15) is 0 Å². The molecule has 2 unspecified atom stereocenters. The van der Waals surface area contributed by atoms with Crippen LogP contribution in [0.15, 0.2) is 24.3 Å². The zero-order valence-corrected chi connectivity index (χ0v) is 16.9. The van der Waals surface area contributed by atoms with Crippen LogP contribution in [-0.4, -0.2) is 45.3 Å². The summed E-state index contributed by atoms with van der Waals surface area (Å²) >= 11 is 6.61. The van der Waals surface area contributed by atoms with E-state index in [0.717, 1.165) is 19.3 Å². The first kappa shape index (κ1) is 20.0. The number of carbonyl (C=O) groups excluding carboxylic acids is 3. The highest BCUT2D eigenvalue weighted by atomic mass is 32.2. The summed E-state index contributed by atoms with van der Waals surface area (Å²) < 4.78 is 5.78. The van der Waals surface area contributed by atoms with Gasteiger partial charge in [0.1, 0.15) is 5.78 Å². The van der Waals surface area contributed by atoms with E-state index >= 15 is 0 Å². The Bertz CT molecular complexity index is 729. The number of ketones is 1.